The van der Waals surface area contributed by atoms with E-state index in [0.717, 1.165) is 29.4 Å². The normalized spacial score (nSPS) is 21.2. The summed E-state index contributed by atoms with van der Waals surface area (Å²) in [7, 11) is -3.97. The molecule has 0 spiro atoms. The summed E-state index contributed by atoms with van der Waals surface area (Å²) >= 11 is 7.02. The fraction of sp³-hybridized carbons (Fsp3) is 0.323. The summed E-state index contributed by atoms with van der Waals surface area (Å²) in [5.41, 5.74) is 3.04. The zero-order valence-corrected chi connectivity index (χ0v) is 25.2. The number of alkyl halides is 1. The van der Waals surface area contributed by atoms with Crippen LogP contribution in [0.4, 0.5) is 0 Å². The van der Waals surface area contributed by atoms with E-state index in [0.29, 0.717) is 34.8 Å². The first-order valence-corrected chi connectivity index (χ1v) is 16.8. The number of aryl methyl sites for hydroxylation is 1. The van der Waals surface area contributed by atoms with Crippen LogP contribution in [-0.2, 0) is 32.0 Å². The van der Waals surface area contributed by atoms with Gasteiger partial charge in [0.15, 0.2) is 0 Å². The first kappa shape index (κ1) is 28.0. The van der Waals surface area contributed by atoms with Crippen LogP contribution in [0.25, 0.3) is 10.9 Å². The molecule has 6 rings (SSSR count). The number of para-hydroxylation sites is 1. The van der Waals surface area contributed by atoms with E-state index in [4.69, 9.17) is 16.3 Å². The molecule has 41 heavy (non-hydrogen) atoms. The van der Waals surface area contributed by atoms with Gasteiger partial charge in [-0.05, 0) is 62.2 Å². The molecule has 0 radical (unpaired) electrons. The molecular formula is C31H31ClN2O5S2. The SMILES string of the molecule is COc1ccc(S(=O)(=O)n2c3c(c4ccccc42)[C@H]2[C@H](CCCN2C(=O)C[S@@](=O)c2ccc(C)cc2)[C@@H](Cl)C3)cc1. The average Bonchev–Trinajstić information content (AvgIpc) is 3.32. The summed E-state index contributed by atoms with van der Waals surface area (Å²) in [4.78, 5) is 16.3. The number of halogens is 1. The van der Waals surface area contributed by atoms with Gasteiger partial charge in [0.05, 0.1) is 34.4 Å². The standard InChI is InChI=1S/C31H31ClN2O5S2/c1-20-9-13-22(14-10-20)40(36)19-29(35)33-17-5-7-24-26(32)18-28-30(31(24)33)25-6-3-4-8-27(25)34(28)41(37,38)23-15-11-21(39-2)12-16-23/h3-4,6,8-16,24,26,31H,5,7,17-19H2,1-2H3/t24-,26+,31-,40-/m1/s1. The molecule has 2 heterocycles. The van der Waals surface area contributed by atoms with Gasteiger partial charge < -0.3 is 9.64 Å². The highest BCUT2D eigenvalue weighted by molar-refractivity contribution is 7.90. The molecule has 0 bridgehead atoms. The Morgan fingerprint density at radius 1 is 1.05 bits per heavy atom. The Bertz CT molecular complexity index is 1750. The minimum atomic E-state index is -4.00. The third-order valence-corrected chi connectivity index (χ3v) is 11.8. The van der Waals surface area contributed by atoms with Crippen molar-refractivity contribution in [1.29, 1.82) is 0 Å². The van der Waals surface area contributed by atoms with Gasteiger partial charge in [0.1, 0.15) is 11.5 Å². The van der Waals surface area contributed by atoms with Gasteiger partial charge >= 0.3 is 0 Å². The van der Waals surface area contributed by atoms with Crippen LogP contribution in [0.2, 0.25) is 0 Å². The second-order valence-corrected chi connectivity index (χ2v) is 14.5. The maximum Gasteiger partial charge on any atom is 0.268 e. The molecule has 1 saturated heterocycles. The van der Waals surface area contributed by atoms with Gasteiger partial charge in [-0.25, -0.2) is 12.4 Å². The number of aromatic nitrogens is 1. The Balaban J connectivity index is 1.45. The minimum Gasteiger partial charge on any atom is -0.497 e. The number of likely N-dealkylation sites (tertiary alicyclic amines) is 1. The van der Waals surface area contributed by atoms with E-state index in [-0.39, 0.29) is 27.9 Å². The van der Waals surface area contributed by atoms with E-state index in [2.05, 4.69) is 0 Å². The van der Waals surface area contributed by atoms with Crippen molar-refractivity contribution >= 4 is 49.2 Å². The van der Waals surface area contributed by atoms with Gasteiger partial charge in [0.2, 0.25) is 5.91 Å². The van der Waals surface area contributed by atoms with E-state index in [1.54, 1.807) is 35.2 Å². The van der Waals surface area contributed by atoms with E-state index in [1.807, 2.05) is 37.3 Å². The van der Waals surface area contributed by atoms with Crippen molar-refractivity contribution < 1.29 is 22.2 Å². The van der Waals surface area contributed by atoms with Gasteiger partial charge in [0.25, 0.3) is 10.0 Å². The number of carbonyl (C=O) groups excluding carboxylic acids is 1. The van der Waals surface area contributed by atoms with Crippen LogP contribution in [-0.4, -0.2) is 52.2 Å². The Hall–Kier alpha value is -3.14. The van der Waals surface area contributed by atoms with E-state index in [9.17, 15) is 17.4 Å². The lowest BCUT2D eigenvalue weighted by atomic mass is 9.76. The lowest BCUT2D eigenvalue weighted by molar-refractivity contribution is -0.134. The van der Waals surface area contributed by atoms with Crippen LogP contribution in [0.15, 0.2) is 82.6 Å². The highest BCUT2D eigenvalue weighted by Crippen LogP contribution is 2.50. The summed E-state index contributed by atoms with van der Waals surface area (Å²) in [6.07, 6.45) is 1.97. The number of carbonyl (C=O) groups is 1. The third-order valence-electron chi connectivity index (χ3n) is 8.25. The average molecular weight is 611 g/mol. The first-order chi connectivity index (χ1) is 19.7. The summed E-state index contributed by atoms with van der Waals surface area (Å²) in [6.45, 7) is 2.46. The number of nitrogens with zero attached hydrogens (tertiary/aromatic N) is 2. The Morgan fingerprint density at radius 3 is 2.46 bits per heavy atom. The van der Waals surface area contributed by atoms with E-state index < -0.39 is 26.9 Å². The highest BCUT2D eigenvalue weighted by atomic mass is 35.5. The van der Waals surface area contributed by atoms with E-state index in [1.165, 1.54) is 23.2 Å². The van der Waals surface area contributed by atoms with Gasteiger partial charge in [-0.3, -0.25) is 9.00 Å². The molecule has 0 N–H and O–H groups in total. The molecule has 0 saturated carbocycles. The third kappa shape index (κ3) is 4.87. The molecule has 214 valence electrons. The van der Waals surface area contributed by atoms with Crippen LogP contribution in [0.1, 0.15) is 35.7 Å². The van der Waals surface area contributed by atoms with Crippen molar-refractivity contribution in [3.05, 3.63) is 89.6 Å². The largest absolute Gasteiger partial charge is 0.497 e. The fourth-order valence-corrected chi connectivity index (χ4v) is 9.28. The Labute approximate surface area is 247 Å². The number of fused-ring (bicyclic) bond motifs is 5. The summed E-state index contributed by atoms with van der Waals surface area (Å²) < 4.78 is 48.1. The number of ether oxygens (including phenoxy) is 1. The smallest absolute Gasteiger partial charge is 0.268 e. The topological polar surface area (TPSA) is 85.7 Å². The first-order valence-electron chi connectivity index (χ1n) is 13.6. The summed E-state index contributed by atoms with van der Waals surface area (Å²) in [5.74, 6) is 0.159. The number of methoxy groups -OCH3 is 1. The molecular weight excluding hydrogens is 580 g/mol. The molecule has 10 heteroatoms. The maximum absolute atomic E-state index is 14.1. The summed E-state index contributed by atoms with van der Waals surface area (Å²) in [6, 6.07) is 20.7. The highest BCUT2D eigenvalue weighted by Gasteiger charge is 2.46. The molecule has 4 aromatic rings. The van der Waals surface area contributed by atoms with Crippen LogP contribution in [0.3, 0.4) is 0 Å². The monoisotopic (exact) mass is 610 g/mol. The quantitative estimate of drug-likeness (QED) is 0.271. The van der Waals surface area contributed by atoms with Crippen LogP contribution in [0.5, 0.6) is 5.75 Å². The number of hydrogen-bond acceptors (Lipinski definition) is 5. The number of benzene rings is 3. The summed E-state index contributed by atoms with van der Waals surface area (Å²) in [5, 5.41) is 0.428. The molecule has 2 aliphatic rings. The number of rotatable bonds is 6. The zero-order valence-electron chi connectivity index (χ0n) is 22.8. The van der Waals surface area contributed by atoms with Gasteiger partial charge in [-0.15, -0.1) is 11.6 Å². The number of piperidine rings is 1. The molecule has 1 amide bonds. The number of amides is 1. The van der Waals surface area contributed by atoms with Gasteiger partial charge in [-0.2, -0.15) is 0 Å². The molecule has 1 aliphatic carbocycles. The van der Waals surface area contributed by atoms with E-state index >= 15 is 0 Å². The Morgan fingerprint density at radius 2 is 1.76 bits per heavy atom. The van der Waals surface area contributed by atoms with Crippen molar-refractivity contribution in [3.8, 4) is 5.75 Å². The lowest BCUT2D eigenvalue weighted by Gasteiger charge is -2.46. The van der Waals surface area contributed by atoms with Crippen molar-refractivity contribution in [2.24, 2.45) is 5.92 Å². The van der Waals surface area contributed by atoms with Crippen molar-refractivity contribution in [2.75, 3.05) is 19.4 Å². The van der Waals surface area contributed by atoms with Crippen molar-refractivity contribution in [1.82, 2.24) is 8.87 Å². The second-order valence-electron chi connectivity index (χ2n) is 10.7. The molecule has 1 aliphatic heterocycles. The fourth-order valence-electron chi connectivity index (χ4n) is 6.30. The lowest BCUT2D eigenvalue weighted by Crippen LogP contribution is -2.49. The molecule has 4 atom stereocenters. The van der Waals surface area contributed by atoms with Crippen LogP contribution in [0, 0.1) is 12.8 Å². The molecule has 0 unspecified atom stereocenters. The Kier molecular flexibility index (Phi) is 7.46. The second kappa shape index (κ2) is 10.9. The minimum absolute atomic E-state index is 0.0439. The van der Waals surface area contributed by atoms with Gasteiger partial charge in [0, 0.05) is 45.8 Å². The van der Waals surface area contributed by atoms with Crippen LogP contribution < -0.4 is 4.74 Å². The predicted octanol–water partition coefficient (Wildman–Crippen LogP) is 5.45. The van der Waals surface area contributed by atoms with Crippen LogP contribution >= 0.6 is 11.6 Å². The van der Waals surface area contributed by atoms with Crippen molar-refractivity contribution in [3.63, 3.8) is 0 Å². The molecule has 1 aromatic heterocycles. The molecule has 7 nitrogen and oxygen atoms in total. The maximum atomic E-state index is 14.1. The predicted molar refractivity (Wildman–Crippen MR) is 160 cm³/mol. The molecule has 3 aromatic carbocycles. The molecule has 1 fully saturated rings. The van der Waals surface area contributed by atoms with Crippen molar-refractivity contribution in [2.45, 2.75) is 47.4 Å². The number of hydrogen-bond donors (Lipinski definition) is 0. The zero-order chi connectivity index (χ0) is 28.9. The van der Waals surface area contributed by atoms with Gasteiger partial charge in [-0.1, -0.05) is 35.9 Å².